The number of carbonyl (C=O) groups excluding carboxylic acids is 2. The van der Waals surface area contributed by atoms with Crippen LogP contribution in [0.25, 0.3) is 0 Å². The van der Waals surface area contributed by atoms with Gasteiger partial charge >= 0.3 is 0 Å². The molecule has 1 saturated heterocycles. The van der Waals surface area contributed by atoms with E-state index in [-0.39, 0.29) is 24.4 Å². The van der Waals surface area contributed by atoms with Crippen molar-refractivity contribution in [2.75, 3.05) is 23.5 Å². The largest absolute Gasteiger partial charge is 0.323 e. The fourth-order valence-corrected chi connectivity index (χ4v) is 4.61. The van der Waals surface area contributed by atoms with Crippen LogP contribution >= 0.6 is 11.8 Å². The fraction of sp³-hybridized carbons (Fsp3) is 0.421. The molecule has 0 radical (unpaired) electrons. The van der Waals surface area contributed by atoms with Gasteiger partial charge in [-0.15, -0.1) is 11.8 Å². The zero-order chi connectivity index (χ0) is 18.1. The number of aromatic nitrogens is 2. The Morgan fingerprint density at radius 2 is 2.23 bits per heavy atom. The Hall–Kier alpha value is -2.28. The summed E-state index contributed by atoms with van der Waals surface area (Å²) in [6.07, 6.45) is 4.99. The highest BCUT2D eigenvalue weighted by molar-refractivity contribution is 8.00. The molecule has 0 bridgehead atoms. The van der Waals surface area contributed by atoms with Crippen molar-refractivity contribution in [1.29, 1.82) is 0 Å². The number of rotatable bonds is 4. The first-order valence-electron chi connectivity index (χ1n) is 8.91. The predicted molar refractivity (Wildman–Crippen MR) is 102 cm³/mol. The maximum atomic E-state index is 12.5. The first-order chi connectivity index (χ1) is 12.6. The minimum absolute atomic E-state index is 0.0246. The van der Waals surface area contributed by atoms with E-state index >= 15 is 0 Å². The number of fused-ring (bicyclic) bond motifs is 1. The highest BCUT2D eigenvalue weighted by Gasteiger charge is 2.27. The number of carbonyl (C=O) groups is 2. The van der Waals surface area contributed by atoms with Gasteiger partial charge in [0.25, 0.3) is 0 Å². The van der Waals surface area contributed by atoms with Crippen molar-refractivity contribution in [2.24, 2.45) is 0 Å². The van der Waals surface area contributed by atoms with Gasteiger partial charge in [0.2, 0.25) is 11.8 Å². The number of hydrogen-bond acceptors (Lipinski definition) is 4. The van der Waals surface area contributed by atoms with Crippen LogP contribution in [-0.4, -0.2) is 44.7 Å². The SMILES string of the molecule is Cc1cnn(C2CCCc3ccccc32)c1NC(=O)CN1CSCC1=O. The Kier molecular flexibility index (Phi) is 4.72. The van der Waals surface area contributed by atoms with Gasteiger partial charge in [0, 0.05) is 5.56 Å². The number of thioether (sulfide) groups is 1. The second-order valence-electron chi connectivity index (χ2n) is 6.85. The van der Waals surface area contributed by atoms with Crippen LogP contribution in [0.1, 0.15) is 35.6 Å². The summed E-state index contributed by atoms with van der Waals surface area (Å²) < 4.78 is 1.94. The van der Waals surface area contributed by atoms with Gasteiger partial charge in [-0.3, -0.25) is 9.59 Å². The Bertz CT molecular complexity index is 848. The summed E-state index contributed by atoms with van der Waals surface area (Å²) >= 11 is 1.54. The number of nitrogens with zero attached hydrogens (tertiary/aromatic N) is 3. The molecule has 1 aliphatic carbocycles. The van der Waals surface area contributed by atoms with E-state index in [1.807, 2.05) is 11.6 Å². The third-order valence-corrected chi connectivity index (χ3v) is 5.97. The van der Waals surface area contributed by atoms with Gasteiger partial charge in [-0.1, -0.05) is 24.3 Å². The third kappa shape index (κ3) is 3.23. The molecular weight excluding hydrogens is 348 g/mol. The lowest BCUT2D eigenvalue weighted by atomic mass is 9.88. The van der Waals surface area contributed by atoms with Gasteiger partial charge in [-0.05, 0) is 37.3 Å². The lowest BCUT2D eigenvalue weighted by Crippen LogP contribution is -2.35. The molecule has 1 aromatic carbocycles. The van der Waals surface area contributed by atoms with Crippen molar-refractivity contribution >= 4 is 29.4 Å². The minimum Gasteiger partial charge on any atom is -0.323 e. The van der Waals surface area contributed by atoms with Crippen molar-refractivity contribution in [2.45, 2.75) is 32.2 Å². The van der Waals surface area contributed by atoms with Gasteiger partial charge in [0.1, 0.15) is 12.4 Å². The van der Waals surface area contributed by atoms with Gasteiger partial charge in [0.15, 0.2) is 0 Å². The first-order valence-corrected chi connectivity index (χ1v) is 10.1. The fourth-order valence-electron chi connectivity index (χ4n) is 3.71. The lowest BCUT2D eigenvalue weighted by molar-refractivity contribution is -0.130. The summed E-state index contributed by atoms with van der Waals surface area (Å²) in [5.74, 6) is 1.63. The van der Waals surface area contributed by atoms with Gasteiger partial charge in [-0.2, -0.15) is 5.10 Å². The van der Waals surface area contributed by atoms with Crippen molar-refractivity contribution < 1.29 is 9.59 Å². The number of hydrogen-bond donors (Lipinski definition) is 1. The topological polar surface area (TPSA) is 67.2 Å². The summed E-state index contributed by atoms with van der Waals surface area (Å²) in [4.78, 5) is 25.8. The summed E-state index contributed by atoms with van der Waals surface area (Å²) in [6.45, 7) is 2.04. The maximum absolute atomic E-state index is 12.5. The molecule has 136 valence electrons. The average molecular weight is 370 g/mol. The number of nitrogens with one attached hydrogen (secondary N) is 1. The molecule has 1 aromatic heterocycles. The number of benzene rings is 1. The second kappa shape index (κ2) is 7.15. The van der Waals surface area contributed by atoms with Crippen molar-refractivity contribution in [3.63, 3.8) is 0 Å². The lowest BCUT2D eigenvalue weighted by Gasteiger charge is -2.27. The molecule has 1 N–H and O–H groups in total. The van der Waals surface area contributed by atoms with Gasteiger partial charge in [0.05, 0.1) is 23.9 Å². The van der Waals surface area contributed by atoms with E-state index in [9.17, 15) is 9.59 Å². The van der Waals surface area contributed by atoms with E-state index in [4.69, 9.17) is 0 Å². The van der Waals surface area contributed by atoms with Crippen LogP contribution in [0.5, 0.6) is 0 Å². The van der Waals surface area contributed by atoms with Crippen molar-refractivity contribution in [1.82, 2.24) is 14.7 Å². The Morgan fingerprint density at radius 3 is 3.04 bits per heavy atom. The maximum Gasteiger partial charge on any atom is 0.245 e. The molecule has 1 fully saturated rings. The van der Waals surface area contributed by atoms with Gasteiger partial charge in [-0.25, -0.2) is 4.68 Å². The van der Waals surface area contributed by atoms with Crippen LogP contribution in [0.3, 0.4) is 0 Å². The van der Waals surface area contributed by atoms with E-state index in [0.717, 1.165) is 30.6 Å². The number of aryl methyl sites for hydroxylation is 2. The van der Waals surface area contributed by atoms with Crippen LogP contribution in [0.15, 0.2) is 30.5 Å². The Balaban J connectivity index is 1.57. The second-order valence-corrected chi connectivity index (χ2v) is 7.80. The molecule has 1 atom stereocenters. The first kappa shape index (κ1) is 17.1. The molecule has 1 unspecified atom stereocenters. The summed E-state index contributed by atoms with van der Waals surface area (Å²) in [5.41, 5.74) is 3.57. The normalized spacial score (nSPS) is 19.5. The van der Waals surface area contributed by atoms with E-state index in [1.165, 1.54) is 11.1 Å². The van der Waals surface area contributed by atoms with E-state index in [1.54, 1.807) is 22.9 Å². The quantitative estimate of drug-likeness (QED) is 0.898. The van der Waals surface area contributed by atoms with Crippen LogP contribution in [0, 0.1) is 6.92 Å². The molecule has 2 heterocycles. The van der Waals surface area contributed by atoms with Crippen LogP contribution in [-0.2, 0) is 16.0 Å². The highest BCUT2D eigenvalue weighted by Crippen LogP contribution is 2.35. The van der Waals surface area contributed by atoms with Crippen LogP contribution in [0.4, 0.5) is 5.82 Å². The molecular formula is C19H22N4O2S. The van der Waals surface area contributed by atoms with Crippen molar-refractivity contribution in [3.05, 3.63) is 47.2 Å². The molecule has 26 heavy (non-hydrogen) atoms. The molecule has 6 nitrogen and oxygen atoms in total. The molecule has 4 rings (SSSR count). The Morgan fingerprint density at radius 1 is 1.38 bits per heavy atom. The standard InChI is InChI=1S/C19H22N4O2S/c1-13-9-20-23(16-8-4-6-14-5-2-3-7-15(14)16)19(13)21-17(24)10-22-12-26-11-18(22)25/h2-3,5,7,9,16H,4,6,8,10-12H2,1H3,(H,21,24). The summed E-state index contributed by atoms with van der Waals surface area (Å²) in [6, 6.07) is 8.59. The third-order valence-electron chi connectivity index (χ3n) is 5.03. The van der Waals surface area contributed by atoms with E-state index in [0.29, 0.717) is 11.6 Å². The van der Waals surface area contributed by atoms with Gasteiger partial charge < -0.3 is 10.2 Å². The highest BCUT2D eigenvalue weighted by atomic mass is 32.2. The zero-order valence-electron chi connectivity index (χ0n) is 14.8. The zero-order valence-corrected chi connectivity index (χ0v) is 15.6. The molecule has 2 amide bonds. The summed E-state index contributed by atoms with van der Waals surface area (Å²) in [5, 5.41) is 7.55. The van der Waals surface area contributed by atoms with Crippen LogP contribution in [0.2, 0.25) is 0 Å². The molecule has 2 aliphatic rings. The van der Waals surface area contributed by atoms with Crippen LogP contribution < -0.4 is 5.32 Å². The molecule has 1 aliphatic heterocycles. The average Bonchev–Trinajstić information content (AvgIpc) is 3.21. The summed E-state index contributed by atoms with van der Waals surface area (Å²) in [7, 11) is 0. The Labute approximate surface area is 156 Å². The number of anilines is 1. The minimum atomic E-state index is -0.171. The van der Waals surface area contributed by atoms with E-state index in [2.05, 4.69) is 34.7 Å². The molecule has 0 saturated carbocycles. The molecule has 7 heteroatoms. The predicted octanol–water partition coefficient (Wildman–Crippen LogP) is 2.59. The van der Waals surface area contributed by atoms with Crippen molar-refractivity contribution in [3.8, 4) is 0 Å². The molecule has 2 aromatic rings. The molecule has 0 spiro atoms. The smallest absolute Gasteiger partial charge is 0.245 e. The van der Waals surface area contributed by atoms with E-state index < -0.39 is 0 Å². The number of amides is 2. The monoisotopic (exact) mass is 370 g/mol.